The number of rotatable bonds is 5. The zero-order valence-corrected chi connectivity index (χ0v) is 12.3. The molecule has 0 radical (unpaired) electrons. The van der Waals surface area contributed by atoms with Crippen LogP contribution in [0.1, 0.15) is 19.8 Å². The van der Waals surface area contributed by atoms with E-state index in [0.717, 1.165) is 10.1 Å². The summed E-state index contributed by atoms with van der Waals surface area (Å²) in [6.07, 6.45) is -1.70. The molecule has 1 aliphatic rings. The molecule has 1 aromatic rings. The highest BCUT2D eigenvalue weighted by molar-refractivity contribution is 5.24. The lowest BCUT2D eigenvalue weighted by Crippen LogP contribution is -2.50. The molecule has 1 aromatic heterocycles. The number of nitrogens with zero attached hydrogens (tertiary/aromatic N) is 2. The molecule has 8 nitrogen and oxygen atoms in total. The number of hydrogen-bond donors (Lipinski definition) is 4. The third-order valence-electron chi connectivity index (χ3n) is 3.84. The molecule has 122 valence electrons. The van der Waals surface area contributed by atoms with Gasteiger partial charge in [0.05, 0.1) is 6.61 Å². The summed E-state index contributed by atoms with van der Waals surface area (Å²) in [5.41, 5.74) is 4.08. The first kappa shape index (κ1) is 16.6. The highest BCUT2D eigenvalue weighted by atomic mass is 16.6. The van der Waals surface area contributed by atoms with Crippen LogP contribution in [0.2, 0.25) is 0 Å². The van der Waals surface area contributed by atoms with Crippen LogP contribution in [-0.4, -0.2) is 49.8 Å². The molecule has 2 heterocycles. The lowest BCUT2D eigenvalue weighted by molar-refractivity contribution is -0.154. The van der Waals surface area contributed by atoms with Gasteiger partial charge in [0.1, 0.15) is 24.1 Å². The molecule has 4 atom stereocenters. The van der Waals surface area contributed by atoms with Crippen LogP contribution in [0.25, 0.3) is 0 Å². The Morgan fingerprint density at radius 1 is 1.59 bits per heavy atom. The minimum Gasteiger partial charge on any atom is -0.394 e. The van der Waals surface area contributed by atoms with Gasteiger partial charge >= 0.3 is 5.69 Å². The quantitative estimate of drug-likeness (QED) is 0.510. The third-order valence-corrected chi connectivity index (χ3v) is 3.84. The van der Waals surface area contributed by atoms with Gasteiger partial charge in [-0.15, -0.1) is 6.58 Å². The van der Waals surface area contributed by atoms with E-state index in [0.29, 0.717) is 6.42 Å². The first-order valence-electron chi connectivity index (χ1n) is 6.96. The van der Waals surface area contributed by atoms with E-state index >= 15 is 0 Å². The summed E-state index contributed by atoms with van der Waals surface area (Å²) in [6.45, 7) is 5.11. The number of aliphatic hydroxyl groups excluding tert-OH is 3. The highest BCUT2D eigenvalue weighted by Crippen LogP contribution is 2.39. The largest absolute Gasteiger partial charge is 0.394 e. The number of ether oxygens (including phenoxy) is 1. The summed E-state index contributed by atoms with van der Waals surface area (Å²) in [5.74, 6) is 0.0445. The van der Waals surface area contributed by atoms with Gasteiger partial charge < -0.3 is 25.8 Å². The Kier molecular flexibility index (Phi) is 4.66. The summed E-state index contributed by atoms with van der Waals surface area (Å²) >= 11 is 0. The molecule has 0 bridgehead atoms. The Hall–Kier alpha value is -1.74. The first-order valence-corrected chi connectivity index (χ1v) is 6.96. The zero-order chi connectivity index (χ0) is 16.5. The van der Waals surface area contributed by atoms with Gasteiger partial charge in [0, 0.05) is 12.6 Å². The van der Waals surface area contributed by atoms with Crippen molar-refractivity contribution < 1.29 is 20.1 Å². The van der Waals surface area contributed by atoms with Crippen molar-refractivity contribution in [1.82, 2.24) is 9.55 Å². The molecule has 0 unspecified atom stereocenters. The van der Waals surface area contributed by atoms with Gasteiger partial charge in [-0.25, -0.2) is 4.79 Å². The molecular formula is C14H21N3O5. The Morgan fingerprint density at radius 2 is 2.27 bits per heavy atom. The van der Waals surface area contributed by atoms with Crippen LogP contribution in [0.5, 0.6) is 0 Å². The molecule has 0 amide bonds. The summed E-state index contributed by atoms with van der Waals surface area (Å²) in [6, 6.07) is 1.40. The first-order chi connectivity index (χ1) is 10.3. The zero-order valence-electron chi connectivity index (χ0n) is 12.3. The van der Waals surface area contributed by atoms with Crippen molar-refractivity contribution in [2.45, 2.75) is 43.8 Å². The lowest BCUT2D eigenvalue weighted by Gasteiger charge is -2.34. The number of nitrogens with two attached hydrogens (primary N) is 1. The van der Waals surface area contributed by atoms with Gasteiger partial charge in [0.2, 0.25) is 0 Å². The van der Waals surface area contributed by atoms with E-state index in [4.69, 9.17) is 10.5 Å². The van der Waals surface area contributed by atoms with E-state index in [9.17, 15) is 20.1 Å². The molecule has 1 fully saturated rings. The Balaban J connectivity index is 2.51. The molecule has 22 heavy (non-hydrogen) atoms. The van der Waals surface area contributed by atoms with Crippen molar-refractivity contribution in [1.29, 1.82) is 0 Å². The Bertz CT molecular complexity index is 617. The fraction of sp³-hybridized carbons (Fsp3) is 0.571. The average molecular weight is 311 g/mol. The minimum absolute atomic E-state index is 0.0445. The van der Waals surface area contributed by atoms with Gasteiger partial charge in [-0.05, 0) is 19.4 Å². The smallest absolute Gasteiger partial charge is 0.351 e. The number of nitrogen functional groups attached to an aromatic ring is 1. The van der Waals surface area contributed by atoms with Crippen molar-refractivity contribution in [3.63, 3.8) is 0 Å². The highest BCUT2D eigenvalue weighted by Gasteiger charge is 2.55. The standard InChI is InChI=1S/C14H21N3O5/c1-8(2)3-5-14(12(20)11(19)9(7-18)22-14)17-6-4-10(15)16-13(17)21/h4,6,9,11-12,18-20H,1,3,5,7H2,2H3,(H2,15,16,21)/t9-,11-,12-,14-/m1/s1. The molecule has 8 heteroatoms. The van der Waals surface area contributed by atoms with Gasteiger partial charge in [0.25, 0.3) is 0 Å². The second-order valence-electron chi connectivity index (χ2n) is 5.58. The van der Waals surface area contributed by atoms with E-state index in [1.807, 2.05) is 0 Å². The van der Waals surface area contributed by atoms with E-state index in [1.54, 1.807) is 6.92 Å². The number of allylic oxidation sites excluding steroid dienone is 1. The van der Waals surface area contributed by atoms with Crippen molar-refractivity contribution in [3.05, 3.63) is 34.9 Å². The molecule has 5 N–H and O–H groups in total. The Labute approximate surface area is 127 Å². The molecule has 0 saturated carbocycles. The fourth-order valence-electron chi connectivity index (χ4n) is 2.64. The van der Waals surface area contributed by atoms with Crippen molar-refractivity contribution in [2.24, 2.45) is 0 Å². The SMILES string of the molecule is C=C(C)CC[C@@]1(n2ccc(N)nc2=O)O[C@H](CO)[C@@H](O)[C@H]1O. The predicted molar refractivity (Wildman–Crippen MR) is 78.9 cm³/mol. The molecule has 2 rings (SSSR count). The second-order valence-corrected chi connectivity index (χ2v) is 5.58. The van der Waals surface area contributed by atoms with Gasteiger partial charge in [0.15, 0.2) is 5.72 Å². The molecular weight excluding hydrogens is 290 g/mol. The van der Waals surface area contributed by atoms with Crippen LogP contribution >= 0.6 is 0 Å². The van der Waals surface area contributed by atoms with Crippen molar-refractivity contribution in [2.75, 3.05) is 12.3 Å². The van der Waals surface area contributed by atoms with Crippen molar-refractivity contribution >= 4 is 5.82 Å². The van der Waals surface area contributed by atoms with Crippen LogP contribution in [-0.2, 0) is 10.5 Å². The van der Waals surface area contributed by atoms with Crippen LogP contribution in [0.3, 0.4) is 0 Å². The second kappa shape index (κ2) is 6.17. The summed E-state index contributed by atoms with van der Waals surface area (Å²) < 4.78 is 6.78. The average Bonchev–Trinajstić information content (AvgIpc) is 2.70. The number of anilines is 1. The maximum atomic E-state index is 12.1. The van der Waals surface area contributed by atoms with Crippen LogP contribution < -0.4 is 11.4 Å². The summed E-state index contributed by atoms with van der Waals surface area (Å²) in [5, 5.41) is 29.8. The van der Waals surface area contributed by atoms with Gasteiger partial charge in [-0.2, -0.15) is 4.98 Å². The fourth-order valence-corrected chi connectivity index (χ4v) is 2.64. The van der Waals surface area contributed by atoms with Crippen LogP contribution in [0.15, 0.2) is 29.2 Å². The molecule has 0 aliphatic carbocycles. The summed E-state index contributed by atoms with van der Waals surface area (Å²) in [7, 11) is 0. The predicted octanol–water partition coefficient (Wildman–Crippen LogP) is -1.05. The van der Waals surface area contributed by atoms with Crippen molar-refractivity contribution in [3.8, 4) is 0 Å². The molecule has 1 aliphatic heterocycles. The van der Waals surface area contributed by atoms with E-state index in [1.165, 1.54) is 12.3 Å². The summed E-state index contributed by atoms with van der Waals surface area (Å²) in [4.78, 5) is 15.8. The monoisotopic (exact) mass is 311 g/mol. The van der Waals surface area contributed by atoms with E-state index in [-0.39, 0.29) is 12.2 Å². The van der Waals surface area contributed by atoms with Gasteiger partial charge in [-0.3, -0.25) is 4.57 Å². The number of aliphatic hydroxyl groups is 3. The number of aromatic nitrogens is 2. The van der Waals surface area contributed by atoms with Crippen LogP contribution in [0.4, 0.5) is 5.82 Å². The third kappa shape index (κ3) is 2.78. The van der Waals surface area contributed by atoms with E-state index in [2.05, 4.69) is 11.6 Å². The van der Waals surface area contributed by atoms with Crippen LogP contribution in [0, 0.1) is 0 Å². The lowest BCUT2D eigenvalue weighted by atomic mass is 9.95. The number of hydrogen-bond acceptors (Lipinski definition) is 7. The molecule has 0 spiro atoms. The molecule has 1 saturated heterocycles. The Morgan fingerprint density at radius 3 is 2.77 bits per heavy atom. The van der Waals surface area contributed by atoms with E-state index < -0.39 is 36.3 Å². The normalized spacial score (nSPS) is 31.4. The maximum Gasteiger partial charge on any atom is 0.351 e. The van der Waals surface area contributed by atoms with Gasteiger partial charge in [-0.1, -0.05) is 5.57 Å². The topological polar surface area (TPSA) is 131 Å². The minimum atomic E-state index is -1.52. The maximum absolute atomic E-state index is 12.1. The molecule has 0 aromatic carbocycles.